The Hall–Kier alpha value is -0.590. The molecule has 3 rings (SSSR count). The molecule has 1 aromatic rings. The molecule has 0 spiro atoms. The third-order valence-electron chi connectivity index (χ3n) is 4.34. The van der Waals surface area contributed by atoms with Crippen molar-refractivity contribution in [3.05, 3.63) is 22.4 Å². The van der Waals surface area contributed by atoms with Crippen LogP contribution in [0.4, 0.5) is 13.2 Å². The molecule has 2 aliphatic rings. The highest BCUT2D eigenvalue weighted by Crippen LogP contribution is 2.42. The molecule has 2 unspecified atom stereocenters. The molecule has 6 heteroatoms. The average molecular weight is 318 g/mol. The van der Waals surface area contributed by atoms with E-state index < -0.39 is 12.7 Å². The van der Waals surface area contributed by atoms with Crippen molar-refractivity contribution in [3.63, 3.8) is 0 Å². The standard InChI is InChI=1S/C15H21F3N2S/c16-15(17,18)10-20-6-5-11(9-20)8-19-14(12-3-4-12)13-2-1-7-21-13/h1-2,7,11-12,14,19H,3-6,8-10H2. The van der Waals surface area contributed by atoms with E-state index in [9.17, 15) is 13.2 Å². The number of thiophene rings is 1. The van der Waals surface area contributed by atoms with Crippen molar-refractivity contribution in [2.45, 2.75) is 31.5 Å². The normalized spacial score (nSPS) is 25.4. The molecule has 2 atom stereocenters. The SMILES string of the molecule is FC(F)(F)CN1CCC(CNC(c2cccs2)C2CC2)C1. The number of likely N-dealkylation sites (tertiary alicyclic amines) is 1. The van der Waals surface area contributed by atoms with Crippen molar-refractivity contribution in [1.29, 1.82) is 0 Å². The lowest BCUT2D eigenvalue weighted by Gasteiger charge is -2.21. The average Bonchev–Trinajstić information content (AvgIpc) is 2.90. The molecule has 0 bridgehead atoms. The van der Waals surface area contributed by atoms with Gasteiger partial charge in [0.15, 0.2) is 0 Å². The van der Waals surface area contributed by atoms with E-state index >= 15 is 0 Å². The highest BCUT2D eigenvalue weighted by Gasteiger charge is 2.36. The Kier molecular flexibility index (Phi) is 4.57. The number of alkyl halides is 3. The summed E-state index contributed by atoms with van der Waals surface area (Å²) < 4.78 is 37.2. The summed E-state index contributed by atoms with van der Waals surface area (Å²) in [6, 6.07) is 4.63. The number of hydrogen-bond acceptors (Lipinski definition) is 3. The lowest BCUT2D eigenvalue weighted by Crippen LogP contribution is -2.34. The van der Waals surface area contributed by atoms with Crippen LogP contribution in [-0.4, -0.2) is 37.3 Å². The first-order chi connectivity index (χ1) is 10.0. The van der Waals surface area contributed by atoms with Crippen LogP contribution in [0.25, 0.3) is 0 Å². The third kappa shape index (κ3) is 4.44. The van der Waals surface area contributed by atoms with Gasteiger partial charge in [0.05, 0.1) is 6.54 Å². The first-order valence-electron chi connectivity index (χ1n) is 7.57. The fourth-order valence-corrected chi connectivity index (χ4v) is 4.06. The van der Waals surface area contributed by atoms with Crippen LogP contribution in [0, 0.1) is 11.8 Å². The highest BCUT2D eigenvalue weighted by atomic mass is 32.1. The van der Waals surface area contributed by atoms with E-state index in [1.807, 2.05) is 0 Å². The van der Waals surface area contributed by atoms with Crippen LogP contribution in [-0.2, 0) is 0 Å². The zero-order valence-corrected chi connectivity index (χ0v) is 12.7. The molecule has 1 saturated carbocycles. The summed E-state index contributed by atoms with van der Waals surface area (Å²) in [5.74, 6) is 1.06. The van der Waals surface area contributed by atoms with Gasteiger partial charge in [0.1, 0.15) is 0 Å². The Balaban J connectivity index is 1.47. The van der Waals surface area contributed by atoms with Gasteiger partial charge in [-0.25, -0.2) is 0 Å². The molecule has 1 aliphatic heterocycles. The summed E-state index contributed by atoms with van der Waals surface area (Å²) in [4.78, 5) is 2.89. The number of nitrogens with zero attached hydrogens (tertiary/aromatic N) is 1. The van der Waals surface area contributed by atoms with Crippen molar-refractivity contribution in [3.8, 4) is 0 Å². The molecule has 1 aromatic heterocycles. The second kappa shape index (κ2) is 6.26. The number of halogens is 3. The smallest absolute Gasteiger partial charge is 0.309 e. The van der Waals surface area contributed by atoms with Crippen molar-refractivity contribution in [2.75, 3.05) is 26.2 Å². The highest BCUT2D eigenvalue weighted by molar-refractivity contribution is 7.10. The summed E-state index contributed by atoms with van der Waals surface area (Å²) in [6.45, 7) is 1.20. The predicted molar refractivity (Wildman–Crippen MR) is 78.4 cm³/mol. The fourth-order valence-electron chi connectivity index (χ4n) is 3.17. The monoisotopic (exact) mass is 318 g/mol. The van der Waals surface area contributed by atoms with E-state index in [0.717, 1.165) is 18.9 Å². The Morgan fingerprint density at radius 1 is 1.33 bits per heavy atom. The fraction of sp³-hybridized carbons (Fsp3) is 0.733. The Morgan fingerprint density at radius 3 is 2.76 bits per heavy atom. The second-order valence-electron chi connectivity index (χ2n) is 6.24. The van der Waals surface area contributed by atoms with Crippen LogP contribution < -0.4 is 5.32 Å². The van der Waals surface area contributed by atoms with Gasteiger partial charge in [0.2, 0.25) is 0 Å². The maximum atomic E-state index is 12.4. The van der Waals surface area contributed by atoms with Gasteiger partial charge in [-0.1, -0.05) is 6.07 Å². The topological polar surface area (TPSA) is 15.3 Å². The lowest BCUT2D eigenvalue weighted by atomic mass is 10.1. The predicted octanol–water partition coefficient (Wildman–Crippen LogP) is 3.67. The summed E-state index contributed by atoms with van der Waals surface area (Å²) >= 11 is 1.77. The summed E-state index contributed by atoms with van der Waals surface area (Å²) in [5.41, 5.74) is 0. The third-order valence-corrected chi connectivity index (χ3v) is 5.30. The minimum atomic E-state index is -4.07. The molecule has 0 aromatic carbocycles. The van der Waals surface area contributed by atoms with Gasteiger partial charge in [-0.3, -0.25) is 4.90 Å². The van der Waals surface area contributed by atoms with Crippen molar-refractivity contribution < 1.29 is 13.2 Å². The zero-order chi connectivity index (χ0) is 14.9. The molecule has 21 heavy (non-hydrogen) atoms. The first kappa shape index (κ1) is 15.3. The minimum absolute atomic E-state index is 0.341. The molecular weight excluding hydrogens is 297 g/mol. The number of rotatable bonds is 6. The van der Waals surface area contributed by atoms with Crippen molar-refractivity contribution in [2.24, 2.45) is 11.8 Å². The summed E-state index contributed by atoms with van der Waals surface area (Å²) in [7, 11) is 0. The van der Waals surface area contributed by atoms with E-state index in [0.29, 0.717) is 25.0 Å². The van der Waals surface area contributed by atoms with Gasteiger partial charge in [-0.2, -0.15) is 13.2 Å². The van der Waals surface area contributed by atoms with E-state index in [2.05, 4.69) is 22.8 Å². The Bertz CT molecular complexity index is 442. The second-order valence-corrected chi connectivity index (χ2v) is 7.22. The largest absolute Gasteiger partial charge is 0.401 e. The molecule has 1 N–H and O–H groups in total. The number of hydrogen-bond donors (Lipinski definition) is 1. The molecule has 2 nitrogen and oxygen atoms in total. The van der Waals surface area contributed by atoms with Crippen LogP contribution in [0.15, 0.2) is 17.5 Å². The molecule has 1 saturated heterocycles. The molecular formula is C15H21F3N2S. The maximum Gasteiger partial charge on any atom is 0.401 e. The van der Waals surface area contributed by atoms with Crippen LogP contribution in [0.5, 0.6) is 0 Å². The first-order valence-corrected chi connectivity index (χ1v) is 8.45. The van der Waals surface area contributed by atoms with Crippen LogP contribution in [0.1, 0.15) is 30.2 Å². The molecule has 0 amide bonds. The van der Waals surface area contributed by atoms with Gasteiger partial charge in [-0.05, 0) is 55.6 Å². The zero-order valence-electron chi connectivity index (χ0n) is 11.9. The van der Waals surface area contributed by atoms with Gasteiger partial charge in [0, 0.05) is 17.5 Å². The van der Waals surface area contributed by atoms with E-state index in [1.165, 1.54) is 22.6 Å². The Morgan fingerprint density at radius 2 is 2.14 bits per heavy atom. The van der Waals surface area contributed by atoms with Gasteiger partial charge in [0.25, 0.3) is 0 Å². The lowest BCUT2D eigenvalue weighted by molar-refractivity contribution is -0.143. The van der Waals surface area contributed by atoms with Crippen LogP contribution in [0.2, 0.25) is 0 Å². The van der Waals surface area contributed by atoms with Crippen LogP contribution in [0.3, 0.4) is 0 Å². The van der Waals surface area contributed by atoms with Crippen LogP contribution >= 0.6 is 11.3 Å². The Labute approximate surface area is 127 Å². The maximum absolute atomic E-state index is 12.4. The minimum Gasteiger partial charge on any atom is -0.309 e. The summed E-state index contributed by atoms with van der Waals surface area (Å²) in [5, 5.41) is 5.70. The van der Waals surface area contributed by atoms with Gasteiger partial charge >= 0.3 is 6.18 Å². The van der Waals surface area contributed by atoms with Gasteiger partial charge in [-0.15, -0.1) is 11.3 Å². The van der Waals surface area contributed by atoms with E-state index in [1.54, 1.807) is 11.3 Å². The molecule has 0 radical (unpaired) electrons. The van der Waals surface area contributed by atoms with Crippen molar-refractivity contribution in [1.82, 2.24) is 10.2 Å². The number of nitrogens with one attached hydrogen (secondary N) is 1. The molecule has 2 heterocycles. The van der Waals surface area contributed by atoms with Crippen molar-refractivity contribution >= 4 is 11.3 Å². The molecule has 118 valence electrons. The summed E-state index contributed by atoms with van der Waals surface area (Å²) in [6.07, 6.45) is -0.679. The van der Waals surface area contributed by atoms with Gasteiger partial charge < -0.3 is 5.32 Å². The quantitative estimate of drug-likeness (QED) is 0.861. The van der Waals surface area contributed by atoms with E-state index in [-0.39, 0.29) is 0 Å². The molecule has 1 aliphatic carbocycles. The van der Waals surface area contributed by atoms with E-state index in [4.69, 9.17) is 0 Å². The molecule has 2 fully saturated rings.